The molecule has 0 aromatic rings. The maximum Gasteiger partial charge on any atom is 0.0864 e. The van der Waals surface area contributed by atoms with E-state index in [1.807, 2.05) is 0 Å². The van der Waals surface area contributed by atoms with Crippen LogP contribution in [0.3, 0.4) is 0 Å². The first-order chi connectivity index (χ1) is 6.27. The summed E-state index contributed by atoms with van der Waals surface area (Å²) in [6.07, 6.45) is 1.94. The summed E-state index contributed by atoms with van der Waals surface area (Å²) in [5.41, 5.74) is 0. The van der Waals surface area contributed by atoms with E-state index in [-0.39, 0.29) is 12.5 Å². The normalized spacial score (nSPS) is 30.3. The van der Waals surface area contributed by atoms with Crippen LogP contribution in [0.2, 0.25) is 0 Å². The Morgan fingerprint density at radius 3 is 3.00 bits per heavy atom. The molecule has 2 N–H and O–H groups in total. The quantitative estimate of drug-likeness (QED) is 0.597. The van der Waals surface area contributed by atoms with Crippen LogP contribution in [0.5, 0.6) is 0 Å². The Hall–Kier alpha value is -0.420. The molecule has 0 aromatic heterocycles. The lowest BCUT2D eigenvalue weighted by Crippen LogP contribution is -2.44. The monoisotopic (exact) mass is 187 g/mol. The minimum atomic E-state index is -0.395. The number of nitrogens with zero attached hydrogens (tertiary/aromatic N) is 1. The summed E-state index contributed by atoms with van der Waals surface area (Å²) in [5.74, 6) is -0.0847. The number of hydrogen-bond donors (Lipinski definition) is 2. The third-order valence-electron chi connectivity index (χ3n) is 2.27. The SMILES string of the molecule is C=CCON1CC[C@H](O)[C@@H](CO)C1. The van der Waals surface area contributed by atoms with E-state index in [9.17, 15) is 5.11 Å². The van der Waals surface area contributed by atoms with Gasteiger partial charge in [-0.3, -0.25) is 4.84 Å². The Kier molecular flexibility index (Phi) is 4.38. The van der Waals surface area contributed by atoms with Crippen LogP contribution in [0, 0.1) is 5.92 Å². The molecule has 1 fully saturated rings. The van der Waals surface area contributed by atoms with Crippen LogP contribution in [-0.2, 0) is 4.84 Å². The van der Waals surface area contributed by atoms with Crippen molar-refractivity contribution in [1.29, 1.82) is 0 Å². The zero-order chi connectivity index (χ0) is 9.68. The average Bonchev–Trinajstić information content (AvgIpc) is 2.16. The van der Waals surface area contributed by atoms with Gasteiger partial charge < -0.3 is 10.2 Å². The summed E-state index contributed by atoms with van der Waals surface area (Å²) in [5, 5.41) is 20.2. The zero-order valence-electron chi connectivity index (χ0n) is 7.72. The average molecular weight is 187 g/mol. The van der Waals surface area contributed by atoms with Crippen molar-refractivity contribution < 1.29 is 15.1 Å². The Balaban J connectivity index is 2.31. The summed E-state index contributed by atoms with van der Waals surface area (Å²) >= 11 is 0. The molecule has 0 amide bonds. The van der Waals surface area contributed by atoms with E-state index in [2.05, 4.69) is 6.58 Å². The lowest BCUT2D eigenvalue weighted by molar-refractivity contribution is -0.188. The molecule has 2 atom stereocenters. The molecular formula is C9H17NO3. The second-order valence-corrected chi connectivity index (χ2v) is 3.27. The first kappa shape index (κ1) is 10.7. The van der Waals surface area contributed by atoms with Gasteiger partial charge in [0.25, 0.3) is 0 Å². The number of hydroxylamine groups is 2. The fourth-order valence-electron chi connectivity index (χ4n) is 1.44. The summed E-state index contributed by atoms with van der Waals surface area (Å²) in [7, 11) is 0. The van der Waals surface area contributed by atoms with Crippen molar-refractivity contribution >= 4 is 0 Å². The van der Waals surface area contributed by atoms with Crippen LogP contribution in [0.4, 0.5) is 0 Å². The zero-order valence-corrected chi connectivity index (χ0v) is 7.72. The van der Waals surface area contributed by atoms with E-state index in [1.165, 1.54) is 0 Å². The first-order valence-electron chi connectivity index (χ1n) is 4.55. The maximum atomic E-state index is 9.45. The van der Waals surface area contributed by atoms with Crippen molar-refractivity contribution in [3.8, 4) is 0 Å². The molecule has 0 unspecified atom stereocenters. The van der Waals surface area contributed by atoms with E-state index in [0.29, 0.717) is 26.1 Å². The fourth-order valence-corrected chi connectivity index (χ4v) is 1.44. The van der Waals surface area contributed by atoms with Crippen LogP contribution in [-0.4, -0.2) is 47.7 Å². The number of aliphatic hydroxyl groups excluding tert-OH is 2. The van der Waals surface area contributed by atoms with Gasteiger partial charge in [-0.15, -0.1) is 6.58 Å². The maximum absolute atomic E-state index is 9.45. The fraction of sp³-hybridized carbons (Fsp3) is 0.778. The van der Waals surface area contributed by atoms with Gasteiger partial charge in [-0.1, -0.05) is 6.08 Å². The molecule has 4 heteroatoms. The highest BCUT2D eigenvalue weighted by Gasteiger charge is 2.27. The van der Waals surface area contributed by atoms with Gasteiger partial charge >= 0.3 is 0 Å². The standard InChI is InChI=1S/C9H17NO3/c1-2-5-13-10-4-3-9(12)8(6-10)7-11/h2,8-9,11-12H,1,3-7H2/t8-,9+/m1/s1. The second kappa shape index (κ2) is 5.34. The highest BCUT2D eigenvalue weighted by atomic mass is 16.7. The molecule has 0 saturated carbocycles. The third kappa shape index (κ3) is 3.08. The molecule has 1 heterocycles. The second-order valence-electron chi connectivity index (χ2n) is 3.27. The van der Waals surface area contributed by atoms with Crippen molar-refractivity contribution in [2.45, 2.75) is 12.5 Å². The molecule has 1 saturated heterocycles. The lowest BCUT2D eigenvalue weighted by Gasteiger charge is -2.34. The first-order valence-corrected chi connectivity index (χ1v) is 4.55. The molecule has 0 bridgehead atoms. The summed E-state index contributed by atoms with van der Waals surface area (Å²) in [4.78, 5) is 5.31. The van der Waals surface area contributed by atoms with Gasteiger partial charge in [0.2, 0.25) is 0 Å². The van der Waals surface area contributed by atoms with Crippen molar-refractivity contribution in [3.05, 3.63) is 12.7 Å². The summed E-state index contributed by atoms with van der Waals surface area (Å²) in [6.45, 7) is 5.34. The smallest absolute Gasteiger partial charge is 0.0864 e. The summed E-state index contributed by atoms with van der Waals surface area (Å²) < 4.78 is 0. The minimum absolute atomic E-state index is 0.00904. The molecule has 0 spiro atoms. The summed E-state index contributed by atoms with van der Waals surface area (Å²) in [6, 6.07) is 0. The highest BCUT2D eigenvalue weighted by molar-refractivity contribution is 4.76. The molecule has 13 heavy (non-hydrogen) atoms. The minimum Gasteiger partial charge on any atom is -0.396 e. The number of rotatable bonds is 4. The van der Waals surface area contributed by atoms with E-state index < -0.39 is 6.10 Å². The predicted molar refractivity (Wildman–Crippen MR) is 48.9 cm³/mol. The van der Waals surface area contributed by atoms with Gasteiger partial charge in [0.05, 0.1) is 12.7 Å². The molecule has 4 nitrogen and oxygen atoms in total. The Morgan fingerprint density at radius 1 is 1.62 bits per heavy atom. The van der Waals surface area contributed by atoms with Gasteiger partial charge in [0.15, 0.2) is 0 Å². The van der Waals surface area contributed by atoms with Crippen LogP contribution in [0.1, 0.15) is 6.42 Å². The molecule has 0 radical (unpaired) electrons. The third-order valence-corrected chi connectivity index (χ3v) is 2.27. The molecule has 0 aromatic carbocycles. The Labute approximate surface area is 78.4 Å². The lowest BCUT2D eigenvalue weighted by atomic mass is 9.97. The molecule has 1 rings (SSSR count). The van der Waals surface area contributed by atoms with Gasteiger partial charge in [-0.25, -0.2) is 0 Å². The number of piperidine rings is 1. The van der Waals surface area contributed by atoms with Crippen molar-refractivity contribution in [2.24, 2.45) is 5.92 Å². The van der Waals surface area contributed by atoms with E-state index in [0.717, 1.165) is 0 Å². The van der Waals surface area contributed by atoms with Crippen molar-refractivity contribution in [2.75, 3.05) is 26.3 Å². The van der Waals surface area contributed by atoms with Gasteiger partial charge in [-0.05, 0) is 6.42 Å². The molecule has 1 aliphatic rings. The van der Waals surface area contributed by atoms with Crippen molar-refractivity contribution in [1.82, 2.24) is 5.06 Å². The topological polar surface area (TPSA) is 52.9 Å². The molecule has 1 aliphatic heterocycles. The van der Waals surface area contributed by atoms with Crippen molar-refractivity contribution in [3.63, 3.8) is 0 Å². The van der Waals surface area contributed by atoms with Crippen LogP contribution < -0.4 is 0 Å². The number of aliphatic hydroxyl groups is 2. The predicted octanol–water partition coefficient (Wildman–Crippen LogP) is -0.221. The Morgan fingerprint density at radius 2 is 2.38 bits per heavy atom. The van der Waals surface area contributed by atoms with Gasteiger partial charge in [-0.2, -0.15) is 5.06 Å². The van der Waals surface area contributed by atoms with Crippen LogP contribution in [0.15, 0.2) is 12.7 Å². The largest absolute Gasteiger partial charge is 0.396 e. The van der Waals surface area contributed by atoms with E-state index in [1.54, 1.807) is 11.1 Å². The Bertz CT molecular complexity index is 163. The van der Waals surface area contributed by atoms with E-state index in [4.69, 9.17) is 9.94 Å². The van der Waals surface area contributed by atoms with Crippen LogP contribution >= 0.6 is 0 Å². The van der Waals surface area contributed by atoms with Crippen LogP contribution in [0.25, 0.3) is 0 Å². The molecule has 76 valence electrons. The molecule has 0 aliphatic carbocycles. The van der Waals surface area contributed by atoms with Gasteiger partial charge in [0.1, 0.15) is 0 Å². The van der Waals surface area contributed by atoms with Gasteiger partial charge in [0, 0.05) is 25.6 Å². The highest BCUT2D eigenvalue weighted by Crippen LogP contribution is 2.16. The molecular weight excluding hydrogens is 170 g/mol. The van der Waals surface area contributed by atoms with E-state index >= 15 is 0 Å². The number of hydrogen-bond acceptors (Lipinski definition) is 4.